The first-order valence-corrected chi connectivity index (χ1v) is 10.0. The maximum absolute atomic E-state index is 12.1. The zero-order valence-electron chi connectivity index (χ0n) is 16.6. The van der Waals surface area contributed by atoms with Gasteiger partial charge in [0, 0.05) is 42.7 Å². The average Bonchev–Trinajstić information content (AvgIpc) is 2.69. The predicted octanol–water partition coefficient (Wildman–Crippen LogP) is 2.82. The van der Waals surface area contributed by atoms with Crippen molar-refractivity contribution < 1.29 is 9.90 Å². The van der Waals surface area contributed by atoms with Crippen LogP contribution in [0.2, 0.25) is 0 Å². The molecular weight excluding hydrogens is 352 g/mol. The van der Waals surface area contributed by atoms with Gasteiger partial charge in [-0.2, -0.15) is 0 Å². The van der Waals surface area contributed by atoms with Gasteiger partial charge >= 0.3 is 5.97 Å². The summed E-state index contributed by atoms with van der Waals surface area (Å²) in [5, 5.41) is 9.91. The molecule has 3 heterocycles. The molecule has 0 bridgehead atoms. The normalized spacial score (nSPS) is 26.0. The van der Waals surface area contributed by atoms with E-state index in [1.807, 2.05) is 24.5 Å². The molecule has 28 heavy (non-hydrogen) atoms. The highest BCUT2D eigenvalue weighted by molar-refractivity contribution is 5.76. The lowest BCUT2D eigenvalue weighted by molar-refractivity contribution is -0.162. The van der Waals surface area contributed by atoms with E-state index in [1.54, 1.807) is 0 Å². The number of nitrogens with zero attached hydrogens (tertiary/aromatic N) is 4. The van der Waals surface area contributed by atoms with Crippen molar-refractivity contribution in [3.05, 3.63) is 47.8 Å². The third-order valence-corrected chi connectivity index (χ3v) is 6.42. The lowest BCUT2D eigenvalue weighted by Gasteiger charge is -2.51. The third-order valence-electron chi connectivity index (χ3n) is 6.42. The first-order chi connectivity index (χ1) is 13.5. The maximum atomic E-state index is 12.1. The number of carboxylic acids is 1. The fraction of sp³-hybridized carbons (Fsp3) is 0.500. The van der Waals surface area contributed by atoms with Gasteiger partial charge in [-0.1, -0.05) is 23.8 Å². The van der Waals surface area contributed by atoms with E-state index in [9.17, 15) is 9.90 Å². The number of rotatable bonds is 4. The Morgan fingerprint density at radius 3 is 2.75 bits per heavy atom. The molecule has 0 radical (unpaired) electrons. The molecular formula is C22H28N4O2. The number of likely N-dealkylation sites (tertiary alicyclic amines) is 2. The summed E-state index contributed by atoms with van der Waals surface area (Å²) < 4.78 is 0. The molecule has 0 saturated carbocycles. The van der Waals surface area contributed by atoms with Crippen molar-refractivity contribution >= 4 is 5.97 Å². The Kier molecular flexibility index (Phi) is 5.17. The fourth-order valence-electron chi connectivity index (χ4n) is 4.82. The average molecular weight is 380 g/mol. The molecule has 2 atom stereocenters. The Bertz CT molecular complexity index is 854. The summed E-state index contributed by atoms with van der Waals surface area (Å²) in [5.74, 6) is 0.109. The van der Waals surface area contributed by atoms with E-state index in [0.717, 1.165) is 56.0 Å². The Morgan fingerprint density at radius 2 is 2.04 bits per heavy atom. The van der Waals surface area contributed by atoms with Gasteiger partial charge in [0.2, 0.25) is 0 Å². The van der Waals surface area contributed by atoms with Crippen LogP contribution in [0.4, 0.5) is 0 Å². The fourth-order valence-corrected chi connectivity index (χ4v) is 4.82. The zero-order chi connectivity index (χ0) is 19.7. The molecule has 1 aromatic carbocycles. The number of aryl methyl sites for hydroxylation is 1. The minimum Gasteiger partial charge on any atom is -0.481 e. The number of aliphatic carboxylic acids is 1. The highest BCUT2D eigenvalue weighted by atomic mass is 16.4. The Hall–Kier alpha value is -2.31. The van der Waals surface area contributed by atoms with Crippen molar-refractivity contribution in [2.24, 2.45) is 5.41 Å². The molecule has 0 unspecified atom stereocenters. The van der Waals surface area contributed by atoms with Gasteiger partial charge in [0.25, 0.3) is 0 Å². The molecule has 1 aromatic heterocycles. The van der Waals surface area contributed by atoms with Crippen LogP contribution in [0, 0.1) is 12.3 Å². The van der Waals surface area contributed by atoms with Crippen molar-refractivity contribution in [3.63, 3.8) is 0 Å². The van der Waals surface area contributed by atoms with Crippen LogP contribution < -0.4 is 0 Å². The summed E-state index contributed by atoms with van der Waals surface area (Å²) in [5.41, 5.74) is 2.70. The van der Waals surface area contributed by atoms with E-state index in [4.69, 9.17) is 0 Å². The molecule has 6 heteroatoms. The van der Waals surface area contributed by atoms with Gasteiger partial charge in [-0.25, -0.2) is 9.97 Å². The second-order valence-electron chi connectivity index (χ2n) is 8.33. The van der Waals surface area contributed by atoms with Gasteiger partial charge in [0.1, 0.15) is 0 Å². The number of carbonyl (C=O) groups is 1. The highest BCUT2D eigenvalue weighted by Crippen LogP contribution is 2.42. The van der Waals surface area contributed by atoms with E-state index in [0.29, 0.717) is 6.42 Å². The van der Waals surface area contributed by atoms with Crippen LogP contribution in [0.1, 0.15) is 30.4 Å². The first-order valence-electron chi connectivity index (χ1n) is 10.0. The molecule has 0 spiro atoms. The topological polar surface area (TPSA) is 69.6 Å². The van der Waals surface area contributed by atoms with Crippen molar-refractivity contribution in [2.45, 2.75) is 38.8 Å². The highest BCUT2D eigenvalue weighted by Gasteiger charge is 2.52. The van der Waals surface area contributed by atoms with E-state index in [1.165, 1.54) is 5.56 Å². The van der Waals surface area contributed by atoms with Crippen LogP contribution in [0.25, 0.3) is 11.4 Å². The molecule has 2 aromatic rings. The summed E-state index contributed by atoms with van der Waals surface area (Å²) >= 11 is 0. The molecule has 148 valence electrons. The van der Waals surface area contributed by atoms with Gasteiger partial charge in [-0.15, -0.1) is 0 Å². The van der Waals surface area contributed by atoms with Gasteiger partial charge in [0.05, 0.1) is 5.41 Å². The number of carboxylic acid groups (broad SMARTS) is 1. The number of aromatic nitrogens is 2. The van der Waals surface area contributed by atoms with Gasteiger partial charge < -0.3 is 10.0 Å². The Morgan fingerprint density at radius 1 is 1.25 bits per heavy atom. The van der Waals surface area contributed by atoms with Crippen molar-refractivity contribution in [3.8, 4) is 11.4 Å². The predicted molar refractivity (Wildman–Crippen MR) is 108 cm³/mol. The van der Waals surface area contributed by atoms with Crippen molar-refractivity contribution in [2.75, 3.05) is 26.7 Å². The lowest BCUT2D eigenvalue weighted by Crippen LogP contribution is -2.62. The van der Waals surface area contributed by atoms with Crippen LogP contribution in [0.3, 0.4) is 0 Å². The van der Waals surface area contributed by atoms with E-state index in [2.05, 4.69) is 45.9 Å². The minimum absolute atomic E-state index is 0.0694. The second-order valence-corrected chi connectivity index (χ2v) is 8.33. The van der Waals surface area contributed by atoms with Crippen LogP contribution in [0.5, 0.6) is 0 Å². The molecule has 0 amide bonds. The molecule has 2 saturated heterocycles. The Balaban J connectivity index is 1.46. The molecule has 6 nitrogen and oxygen atoms in total. The number of fused-ring (bicyclic) bond motifs is 1. The molecule has 0 aliphatic carbocycles. The zero-order valence-corrected chi connectivity index (χ0v) is 16.6. The van der Waals surface area contributed by atoms with Crippen LogP contribution in [-0.4, -0.2) is 63.6 Å². The van der Waals surface area contributed by atoms with E-state index < -0.39 is 11.4 Å². The number of hydrogen-bond donors (Lipinski definition) is 1. The van der Waals surface area contributed by atoms with Crippen LogP contribution in [0.15, 0.2) is 36.7 Å². The van der Waals surface area contributed by atoms with Crippen molar-refractivity contribution in [1.29, 1.82) is 0 Å². The third kappa shape index (κ3) is 3.54. The SMILES string of the molecule is Cc1cccc(-c2ncc(CN3CC[C@@]4(C(=O)O)CCCN(C)[C@@H]4C3)cn2)c1. The quantitative estimate of drug-likeness (QED) is 0.880. The number of piperidine rings is 2. The van der Waals surface area contributed by atoms with E-state index >= 15 is 0 Å². The Labute approximate surface area is 166 Å². The second kappa shape index (κ2) is 7.60. The van der Waals surface area contributed by atoms with Gasteiger partial charge in [-0.3, -0.25) is 9.69 Å². The van der Waals surface area contributed by atoms with E-state index in [-0.39, 0.29) is 6.04 Å². The molecule has 2 fully saturated rings. The summed E-state index contributed by atoms with van der Waals surface area (Å²) in [6, 6.07) is 8.26. The molecule has 1 N–H and O–H groups in total. The van der Waals surface area contributed by atoms with Crippen LogP contribution in [-0.2, 0) is 11.3 Å². The first kappa shape index (κ1) is 19.0. The molecule has 2 aliphatic heterocycles. The van der Waals surface area contributed by atoms with Gasteiger partial charge in [-0.05, 0) is 52.4 Å². The standard InChI is InChI=1S/C22H28N4O2/c1-16-5-3-6-18(11-16)20-23-12-17(13-24-20)14-26-10-8-22(21(27)28)7-4-9-25(2)19(22)15-26/h3,5-6,11-13,19H,4,7-10,14-15H2,1-2H3,(H,27,28)/t19-,22+/m1/s1. The summed E-state index contributed by atoms with van der Waals surface area (Å²) in [7, 11) is 2.06. The smallest absolute Gasteiger partial charge is 0.311 e. The van der Waals surface area contributed by atoms with Gasteiger partial charge in [0.15, 0.2) is 5.82 Å². The number of benzene rings is 1. The molecule has 4 rings (SSSR count). The lowest BCUT2D eigenvalue weighted by atomic mass is 9.68. The summed E-state index contributed by atoms with van der Waals surface area (Å²) in [6.45, 7) is 5.38. The summed E-state index contributed by atoms with van der Waals surface area (Å²) in [4.78, 5) is 25.7. The van der Waals surface area contributed by atoms with Crippen LogP contribution >= 0.6 is 0 Å². The monoisotopic (exact) mass is 380 g/mol. The number of likely N-dealkylation sites (N-methyl/N-ethyl adjacent to an activating group) is 1. The van der Waals surface area contributed by atoms with Crippen molar-refractivity contribution in [1.82, 2.24) is 19.8 Å². The summed E-state index contributed by atoms with van der Waals surface area (Å²) in [6.07, 6.45) is 6.26. The maximum Gasteiger partial charge on any atom is 0.311 e. The number of hydrogen-bond acceptors (Lipinski definition) is 5. The molecule has 2 aliphatic rings. The minimum atomic E-state index is -0.630. The largest absolute Gasteiger partial charge is 0.481 e.